The fourth-order valence-corrected chi connectivity index (χ4v) is 1.69. The molecule has 2 heterocycles. The number of hydrogen-bond acceptors (Lipinski definition) is 4. The van der Waals surface area contributed by atoms with Crippen LogP contribution in [0, 0.1) is 0 Å². The van der Waals surface area contributed by atoms with Gasteiger partial charge in [-0.2, -0.15) is 0 Å². The number of carbonyl (C=O) groups is 1. The number of halogens is 1. The van der Waals surface area contributed by atoms with Crippen LogP contribution in [0.25, 0.3) is 0 Å². The first-order chi connectivity index (χ1) is 7.75. The standard InChI is InChI=1S/C11H10BrNO3/c12-10-3-1-2-8(13-10)9(14)4-5-11-15-6-7-16-11/h1-3,6-7,11H,4-5H2. The zero-order chi connectivity index (χ0) is 11.4. The Bertz CT molecular complexity index is 411. The van der Waals surface area contributed by atoms with Crippen LogP contribution >= 0.6 is 15.9 Å². The van der Waals surface area contributed by atoms with Gasteiger partial charge in [-0.3, -0.25) is 4.79 Å². The van der Waals surface area contributed by atoms with E-state index in [4.69, 9.17) is 9.47 Å². The molecule has 0 aliphatic carbocycles. The Morgan fingerprint density at radius 1 is 1.38 bits per heavy atom. The minimum absolute atomic E-state index is 0.0135. The number of Topliss-reactive ketones (excluding diaryl/α,β-unsaturated/α-hetero) is 1. The first-order valence-corrected chi connectivity index (χ1v) is 5.67. The van der Waals surface area contributed by atoms with Crippen molar-refractivity contribution in [1.82, 2.24) is 4.98 Å². The number of nitrogens with zero attached hydrogens (tertiary/aromatic N) is 1. The molecule has 2 rings (SSSR count). The monoisotopic (exact) mass is 283 g/mol. The molecule has 0 amide bonds. The van der Waals surface area contributed by atoms with Crippen LogP contribution in [0.15, 0.2) is 35.3 Å². The summed E-state index contributed by atoms with van der Waals surface area (Å²) >= 11 is 3.23. The van der Waals surface area contributed by atoms with Gasteiger partial charge in [0.15, 0.2) is 5.78 Å². The molecule has 0 saturated heterocycles. The summed E-state index contributed by atoms with van der Waals surface area (Å²) < 4.78 is 10.8. The highest BCUT2D eigenvalue weighted by atomic mass is 79.9. The molecule has 5 heteroatoms. The Labute approximate surface area is 101 Å². The third kappa shape index (κ3) is 2.82. The predicted molar refractivity (Wildman–Crippen MR) is 60.6 cm³/mol. The molecular formula is C11H10BrNO3. The molecule has 0 fully saturated rings. The van der Waals surface area contributed by atoms with Gasteiger partial charge in [-0.05, 0) is 28.1 Å². The van der Waals surface area contributed by atoms with Gasteiger partial charge in [-0.25, -0.2) is 4.98 Å². The number of ether oxygens (including phenoxy) is 2. The molecule has 1 aliphatic rings. The van der Waals surface area contributed by atoms with Gasteiger partial charge in [0.25, 0.3) is 0 Å². The molecule has 1 aromatic heterocycles. The molecule has 0 saturated carbocycles. The van der Waals surface area contributed by atoms with Crippen molar-refractivity contribution in [2.45, 2.75) is 19.1 Å². The normalized spacial score (nSPS) is 14.6. The van der Waals surface area contributed by atoms with Crippen molar-refractivity contribution in [2.24, 2.45) is 0 Å². The Balaban J connectivity index is 1.88. The van der Waals surface area contributed by atoms with Gasteiger partial charge in [-0.15, -0.1) is 0 Å². The maximum absolute atomic E-state index is 11.7. The van der Waals surface area contributed by atoms with Crippen LogP contribution in [0.3, 0.4) is 0 Å². The van der Waals surface area contributed by atoms with Crippen molar-refractivity contribution >= 4 is 21.7 Å². The Hall–Kier alpha value is -1.36. The largest absolute Gasteiger partial charge is 0.459 e. The van der Waals surface area contributed by atoms with Crippen molar-refractivity contribution in [3.05, 3.63) is 41.0 Å². The van der Waals surface area contributed by atoms with Gasteiger partial charge in [0.1, 0.15) is 22.8 Å². The Kier molecular flexibility index (Phi) is 3.56. The van der Waals surface area contributed by atoms with Crippen LogP contribution in [0.2, 0.25) is 0 Å². The summed E-state index contributed by atoms with van der Waals surface area (Å²) in [5, 5.41) is 0. The number of pyridine rings is 1. The van der Waals surface area contributed by atoms with E-state index < -0.39 is 0 Å². The molecule has 0 aromatic carbocycles. The highest BCUT2D eigenvalue weighted by molar-refractivity contribution is 9.10. The molecule has 0 bridgehead atoms. The molecule has 0 atom stereocenters. The fourth-order valence-electron chi connectivity index (χ4n) is 1.35. The van der Waals surface area contributed by atoms with Crippen molar-refractivity contribution in [3.63, 3.8) is 0 Å². The summed E-state index contributed by atoms with van der Waals surface area (Å²) in [5.41, 5.74) is 0.459. The summed E-state index contributed by atoms with van der Waals surface area (Å²) in [6, 6.07) is 5.26. The van der Waals surface area contributed by atoms with E-state index in [1.807, 2.05) is 0 Å². The molecule has 0 radical (unpaired) electrons. The number of hydrogen-bond donors (Lipinski definition) is 0. The maximum Gasteiger partial charge on any atom is 0.240 e. The second kappa shape index (κ2) is 5.12. The SMILES string of the molecule is O=C(CCC1OC=CO1)c1cccc(Br)n1. The van der Waals surface area contributed by atoms with Crippen LogP contribution in [0.5, 0.6) is 0 Å². The average molecular weight is 284 g/mol. The van der Waals surface area contributed by atoms with E-state index in [-0.39, 0.29) is 12.1 Å². The summed E-state index contributed by atoms with van der Waals surface area (Å²) in [6.07, 6.45) is 3.51. The van der Waals surface area contributed by atoms with Gasteiger partial charge >= 0.3 is 0 Å². The molecular weight excluding hydrogens is 274 g/mol. The first kappa shape index (κ1) is 11.1. The smallest absolute Gasteiger partial charge is 0.240 e. The van der Waals surface area contributed by atoms with E-state index in [2.05, 4.69) is 20.9 Å². The lowest BCUT2D eigenvalue weighted by atomic mass is 10.1. The second-order valence-corrected chi connectivity index (χ2v) is 4.09. The summed E-state index contributed by atoms with van der Waals surface area (Å²) in [4.78, 5) is 15.8. The molecule has 1 aromatic rings. The molecule has 4 nitrogen and oxygen atoms in total. The van der Waals surface area contributed by atoms with Gasteiger partial charge < -0.3 is 9.47 Å². The fraction of sp³-hybridized carbons (Fsp3) is 0.273. The lowest BCUT2D eigenvalue weighted by Crippen LogP contribution is -2.11. The molecule has 0 spiro atoms. The first-order valence-electron chi connectivity index (χ1n) is 4.87. The van der Waals surface area contributed by atoms with Gasteiger partial charge in [0.05, 0.1) is 0 Å². The molecule has 84 valence electrons. The lowest BCUT2D eigenvalue weighted by Gasteiger charge is -2.08. The van der Waals surface area contributed by atoms with Crippen LogP contribution in [0.4, 0.5) is 0 Å². The quantitative estimate of drug-likeness (QED) is 0.630. The van der Waals surface area contributed by atoms with E-state index in [9.17, 15) is 4.79 Å². The van der Waals surface area contributed by atoms with Crippen molar-refractivity contribution in [2.75, 3.05) is 0 Å². The topological polar surface area (TPSA) is 48.4 Å². The molecule has 0 N–H and O–H groups in total. The van der Waals surface area contributed by atoms with E-state index >= 15 is 0 Å². The van der Waals surface area contributed by atoms with Gasteiger partial charge in [0, 0.05) is 12.8 Å². The second-order valence-electron chi connectivity index (χ2n) is 3.28. The van der Waals surface area contributed by atoms with Crippen molar-refractivity contribution < 1.29 is 14.3 Å². The minimum Gasteiger partial charge on any atom is -0.459 e. The number of aromatic nitrogens is 1. The van der Waals surface area contributed by atoms with Crippen LogP contribution in [-0.4, -0.2) is 17.1 Å². The molecule has 1 aliphatic heterocycles. The average Bonchev–Trinajstić information content (AvgIpc) is 2.78. The van der Waals surface area contributed by atoms with Gasteiger partial charge in [-0.1, -0.05) is 6.07 Å². The van der Waals surface area contributed by atoms with E-state index in [0.29, 0.717) is 23.1 Å². The van der Waals surface area contributed by atoms with E-state index in [1.54, 1.807) is 18.2 Å². The van der Waals surface area contributed by atoms with Gasteiger partial charge in [0.2, 0.25) is 6.29 Å². The molecule has 16 heavy (non-hydrogen) atoms. The third-order valence-corrected chi connectivity index (χ3v) is 2.57. The van der Waals surface area contributed by atoms with Crippen LogP contribution in [0.1, 0.15) is 23.3 Å². The highest BCUT2D eigenvalue weighted by Gasteiger charge is 2.16. The minimum atomic E-state index is -0.337. The third-order valence-electron chi connectivity index (χ3n) is 2.12. The van der Waals surface area contributed by atoms with Crippen LogP contribution < -0.4 is 0 Å². The zero-order valence-electron chi connectivity index (χ0n) is 8.43. The maximum atomic E-state index is 11.7. The Morgan fingerprint density at radius 2 is 2.12 bits per heavy atom. The van der Waals surface area contributed by atoms with Crippen molar-refractivity contribution in [1.29, 1.82) is 0 Å². The molecule has 0 unspecified atom stereocenters. The number of carbonyl (C=O) groups excluding carboxylic acids is 1. The van der Waals surface area contributed by atoms with E-state index in [0.717, 1.165) is 0 Å². The highest BCUT2D eigenvalue weighted by Crippen LogP contribution is 2.14. The summed E-state index contributed by atoms with van der Waals surface area (Å²) in [5.74, 6) is -0.0135. The zero-order valence-corrected chi connectivity index (χ0v) is 10.0. The summed E-state index contributed by atoms with van der Waals surface area (Å²) in [7, 11) is 0. The van der Waals surface area contributed by atoms with Crippen LogP contribution in [-0.2, 0) is 9.47 Å². The number of rotatable bonds is 4. The number of ketones is 1. The van der Waals surface area contributed by atoms with Crippen molar-refractivity contribution in [3.8, 4) is 0 Å². The van der Waals surface area contributed by atoms with E-state index in [1.165, 1.54) is 12.5 Å². The predicted octanol–water partition coefficient (Wildman–Crippen LogP) is 2.65. The Morgan fingerprint density at radius 3 is 2.81 bits per heavy atom. The lowest BCUT2D eigenvalue weighted by molar-refractivity contribution is -0.0280. The summed E-state index contributed by atoms with van der Waals surface area (Å²) in [6.45, 7) is 0.